The van der Waals surface area contributed by atoms with Gasteiger partial charge in [0, 0.05) is 5.92 Å². The van der Waals surface area contributed by atoms with Crippen molar-refractivity contribution >= 4 is 5.78 Å². The molecule has 0 bridgehead atoms. The van der Waals surface area contributed by atoms with Gasteiger partial charge in [0.1, 0.15) is 0 Å². The second-order valence-electron chi connectivity index (χ2n) is 4.39. The monoisotopic (exact) mass is 178 g/mol. The van der Waals surface area contributed by atoms with Gasteiger partial charge in [-0.25, -0.2) is 0 Å². The molecule has 2 aliphatic carbocycles. The number of hydrogen-bond acceptors (Lipinski definition) is 1. The van der Waals surface area contributed by atoms with E-state index in [0.29, 0.717) is 11.7 Å². The molecule has 0 aliphatic heterocycles. The Morgan fingerprint density at radius 3 is 2.31 bits per heavy atom. The zero-order valence-corrected chi connectivity index (χ0v) is 8.22. The van der Waals surface area contributed by atoms with Crippen molar-refractivity contribution in [1.29, 1.82) is 0 Å². The largest absolute Gasteiger partial charge is 0.295 e. The highest BCUT2D eigenvalue weighted by Gasteiger charge is 2.21. The lowest BCUT2D eigenvalue weighted by molar-refractivity contribution is -0.118. The van der Waals surface area contributed by atoms with Crippen molar-refractivity contribution in [3.63, 3.8) is 0 Å². The van der Waals surface area contributed by atoms with Crippen molar-refractivity contribution in [3.8, 4) is 0 Å². The second kappa shape index (κ2) is 4.08. The molecule has 2 saturated carbocycles. The smallest absolute Gasteiger partial charge is 0.158 e. The van der Waals surface area contributed by atoms with Crippen LogP contribution in [-0.2, 0) is 4.79 Å². The van der Waals surface area contributed by atoms with Crippen molar-refractivity contribution in [3.05, 3.63) is 11.6 Å². The van der Waals surface area contributed by atoms with Gasteiger partial charge in [-0.2, -0.15) is 0 Å². The van der Waals surface area contributed by atoms with E-state index in [4.69, 9.17) is 0 Å². The normalized spacial score (nSPS) is 23.8. The number of carbonyl (C=O) groups excluding carboxylic acids is 1. The third kappa shape index (κ3) is 2.20. The molecule has 2 aliphatic rings. The standard InChI is InChI=1S/C12H18O/c13-12(11-7-3-4-8-11)9-10-5-1-2-6-10/h9,11H,1-8H2. The maximum Gasteiger partial charge on any atom is 0.158 e. The first-order valence-electron chi connectivity index (χ1n) is 5.59. The summed E-state index contributed by atoms with van der Waals surface area (Å²) in [6.07, 6.45) is 11.7. The van der Waals surface area contributed by atoms with E-state index in [2.05, 4.69) is 0 Å². The van der Waals surface area contributed by atoms with Crippen molar-refractivity contribution in [2.45, 2.75) is 51.4 Å². The minimum atomic E-state index is 0.382. The molecule has 0 aromatic rings. The predicted octanol–water partition coefficient (Wildman–Crippen LogP) is 3.25. The lowest BCUT2D eigenvalue weighted by Gasteiger charge is -2.03. The molecule has 0 amide bonds. The summed E-state index contributed by atoms with van der Waals surface area (Å²) in [5.74, 6) is 0.808. The van der Waals surface area contributed by atoms with Crippen LogP contribution in [0, 0.1) is 5.92 Å². The van der Waals surface area contributed by atoms with E-state index >= 15 is 0 Å². The maximum absolute atomic E-state index is 11.7. The summed E-state index contributed by atoms with van der Waals surface area (Å²) in [6.45, 7) is 0. The van der Waals surface area contributed by atoms with Gasteiger partial charge in [0.15, 0.2) is 5.78 Å². The van der Waals surface area contributed by atoms with Crippen LogP contribution in [0.5, 0.6) is 0 Å². The predicted molar refractivity (Wildman–Crippen MR) is 53.5 cm³/mol. The van der Waals surface area contributed by atoms with Gasteiger partial charge >= 0.3 is 0 Å². The molecule has 1 nitrogen and oxygen atoms in total. The molecule has 0 saturated heterocycles. The fraction of sp³-hybridized carbons (Fsp3) is 0.750. The third-order valence-corrected chi connectivity index (χ3v) is 3.35. The van der Waals surface area contributed by atoms with Gasteiger partial charge < -0.3 is 0 Å². The number of rotatable bonds is 2. The fourth-order valence-electron chi connectivity index (χ4n) is 2.50. The molecule has 1 heteroatoms. The van der Waals surface area contributed by atoms with Gasteiger partial charge in [0.25, 0.3) is 0 Å². The zero-order chi connectivity index (χ0) is 9.10. The Hall–Kier alpha value is -0.590. The molecule has 0 aromatic carbocycles. The van der Waals surface area contributed by atoms with Gasteiger partial charge in [0.2, 0.25) is 0 Å². The Morgan fingerprint density at radius 1 is 1.08 bits per heavy atom. The molecule has 0 atom stereocenters. The molecule has 2 rings (SSSR count). The van der Waals surface area contributed by atoms with Crippen molar-refractivity contribution < 1.29 is 4.79 Å². The molecule has 2 fully saturated rings. The summed E-state index contributed by atoms with van der Waals surface area (Å²) in [7, 11) is 0. The average molecular weight is 178 g/mol. The molecule has 0 heterocycles. The number of hydrogen-bond donors (Lipinski definition) is 0. The molecule has 0 spiro atoms. The quantitative estimate of drug-likeness (QED) is 0.593. The topological polar surface area (TPSA) is 17.1 Å². The van der Waals surface area contributed by atoms with Gasteiger partial charge in [-0.15, -0.1) is 0 Å². The summed E-state index contributed by atoms with van der Waals surface area (Å²) in [5.41, 5.74) is 1.41. The maximum atomic E-state index is 11.7. The van der Waals surface area contributed by atoms with Gasteiger partial charge in [-0.3, -0.25) is 4.79 Å². The summed E-state index contributed by atoms with van der Waals surface area (Å²) in [6, 6.07) is 0. The minimum absolute atomic E-state index is 0.382. The van der Waals surface area contributed by atoms with E-state index in [0.717, 1.165) is 12.8 Å². The summed E-state index contributed by atoms with van der Waals surface area (Å²) in [5, 5.41) is 0. The first kappa shape index (κ1) is 8.98. The molecule has 13 heavy (non-hydrogen) atoms. The lowest BCUT2D eigenvalue weighted by Crippen LogP contribution is -2.07. The van der Waals surface area contributed by atoms with Crippen LogP contribution < -0.4 is 0 Å². The van der Waals surface area contributed by atoms with Gasteiger partial charge in [-0.1, -0.05) is 18.4 Å². The van der Waals surface area contributed by atoms with Crippen LogP contribution in [0.4, 0.5) is 0 Å². The first-order chi connectivity index (χ1) is 6.36. The Bertz CT molecular complexity index is 213. The van der Waals surface area contributed by atoms with Crippen LogP contribution in [0.1, 0.15) is 51.4 Å². The van der Waals surface area contributed by atoms with E-state index in [1.54, 1.807) is 0 Å². The van der Waals surface area contributed by atoms with E-state index in [9.17, 15) is 4.79 Å². The highest BCUT2D eigenvalue weighted by atomic mass is 16.1. The molecule has 72 valence electrons. The van der Waals surface area contributed by atoms with E-state index in [1.165, 1.54) is 44.1 Å². The first-order valence-corrected chi connectivity index (χ1v) is 5.59. The molecule has 0 radical (unpaired) electrons. The SMILES string of the molecule is O=C(C=C1CCCC1)C1CCCC1. The average Bonchev–Trinajstić information content (AvgIpc) is 2.74. The molecule has 0 aromatic heterocycles. The van der Waals surface area contributed by atoms with E-state index in [-0.39, 0.29) is 0 Å². The lowest BCUT2D eigenvalue weighted by atomic mass is 10.00. The van der Waals surface area contributed by atoms with Crippen LogP contribution in [0.2, 0.25) is 0 Å². The Kier molecular flexibility index (Phi) is 2.82. The number of carbonyl (C=O) groups is 1. The van der Waals surface area contributed by atoms with Crippen molar-refractivity contribution in [1.82, 2.24) is 0 Å². The Morgan fingerprint density at radius 2 is 1.69 bits per heavy atom. The van der Waals surface area contributed by atoms with Crippen LogP contribution in [0.25, 0.3) is 0 Å². The Labute approximate surface area is 80.2 Å². The van der Waals surface area contributed by atoms with Crippen LogP contribution in [0.3, 0.4) is 0 Å². The highest BCUT2D eigenvalue weighted by molar-refractivity contribution is 5.92. The second-order valence-corrected chi connectivity index (χ2v) is 4.39. The van der Waals surface area contributed by atoms with Gasteiger partial charge in [0.05, 0.1) is 0 Å². The van der Waals surface area contributed by atoms with Crippen LogP contribution >= 0.6 is 0 Å². The minimum Gasteiger partial charge on any atom is -0.295 e. The molecule has 0 unspecified atom stereocenters. The third-order valence-electron chi connectivity index (χ3n) is 3.35. The number of allylic oxidation sites excluding steroid dienone is 2. The fourth-order valence-corrected chi connectivity index (χ4v) is 2.50. The molecule has 0 N–H and O–H groups in total. The van der Waals surface area contributed by atoms with Crippen LogP contribution in [-0.4, -0.2) is 5.78 Å². The van der Waals surface area contributed by atoms with Crippen molar-refractivity contribution in [2.75, 3.05) is 0 Å². The molecular formula is C12H18O. The van der Waals surface area contributed by atoms with Crippen LogP contribution in [0.15, 0.2) is 11.6 Å². The molecular weight excluding hydrogens is 160 g/mol. The number of ketones is 1. The van der Waals surface area contributed by atoms with E-state index in [1.807, 2.05) is 6.08 Å². The summed E-state index contributed by atoms with van der Waals surface area (Å²) in [4.78, 5) is 11.7. The zero-order valence-electron chi connectivity index (χ0n) is 8.22. The van der Waals surface area contributed by atoms with E-state index < -0.39 is 0 Å². The summed E-state index contributed by atoms with van der Waals surface area (Å²) >= 11 is 0. The Balaban J connectivity index is 1.92. The highest BCUT2D eigenvalue weighted by Crippen LogP contribution is 2.28. The van der Waals surface area contributed by atoms with Crippen molar-refractivity contribution in [2.24, 2.45) is 5.92 Å². The van der Waals surface area contributed by atoms with Gasteiger partial charge in [-0.05, 0) is 44.6 Å². The summed E-state index contributed by atoms with van der Waals surface area (Å²) < 4.78 is 0.